The number of nitrogens with zero attached hydrogens (tertiary/aromatic N) is 3. The Morgan fingerprint density at radius 3 is 2.54 bits per heavy atom. The highest BCUT2D eigenvalue weighted by Gasteiger charge is 2.28. The van der Waals surface area contributed by atoms with Crippen molar-refractivity contribution >= 4 is 23.4 Å². The number of benzene rings is 1. The van der Waals surface area contributed by atoms with Gasteiger partial charge in [-0.2, -0.15) is 5.10 Å². The van der Waals surface area contributed by atoms with Crippen LogP contribution in [-0.2, 0) is 11.3 Å². The van der Waals surface area contributed by atoms with Gasteiger partial charge >= 0.3 is 0 Å². The highest BCUT2D eigenvalue weighted by Crippen LogP contribution is 2.23. The molecule has 1 aliphatic rings. The summed E-state index contributed by atoms with van der Waals surface area (Å²) < 4.78 is 1.63. The van der Waals surface area contributed by atoms with Crippen LogP contribution in [0.5, 0.6) is 0 Å². The first-order valence-corrected chi connectivity index (χ1v) is 9.44. The SMILES string of the molecule is CCn1nc(C)cc1C(=O)Nc1ccccc1C(=O)N1CCC(C(N)=O)CC1. The molecule has 3 N–H and O–H groups in total. The molecule has 0 atom stereocenters. The number of carbonyl (C=O) groups is 3. The minimum absolute atomic E-state index is 0.168. The van der Waals surface area contributed by atoms with Crippen molar-refractivity contribution in [2.24, 2.45) is 11.7 Å². The van der Waals surface area contributed by atoms with E-state index in [0.29, 0.717) is 49.4 Å². The van der Waals surface area contributed by atoms with Gasteiger partial charge in [-0.3, -0.25) is 19.1 Å². The highest BCUT2D eigenvalue weighted by atomic mass is 16.2. The number of aryl methyl sites for hydroxylation is 2. The number of hydrogen-bond donors (Lipinski definition) is 2. The summed E-state index contributed by atoms with van der Waals surface area (Å²) in [4.78, 5) is 38.7. The molecule has 0 saturated carbocycles. The molecule has 1 aliphatic heterocycles. The second-order valence-corrected chi connectivity index (χ2v) is 6.96. The lowest BCUT2D eigenvalue weighted by Gasteiger charge is -2.31. The Hall–Kier alpha value is -3.16. The zero-order valence-electron chi connectivity index (χ0n) is 16.1. The van der Waals surface area contributed by atoms with Gasteiger partial charge in [0, 0.05) is 25.6 Å². The van der Waals surface area contributed by atoms with E-state index in [-0.39, 0.29) is 23.6 Å². The average Bonchev–Trinajstić information content (AvgIpc) is 3.09. The maximum Gasteiger partial charge on any atom is 0.273 e. The molecule has 1 fully saturated rings. The maximum atomic E-state index is 13.0. The molecule has 8 heteroatoms. The number of rotatable bonds is 5. The van der Waals surface area contributed by atoms with Gasteiger partial charge in [-0.05, 0) is 44.9 Å². The van der Waals surface area contributed by atoms with Crippen LogP contribution in [0, 0.1) is 12.8 Å². The van der Waals surface area contributed by atoms with E-state index in [1.165, 1.54) is 0 Å². The van der Waals surface area contributed by atoms with Crippen molar-refractivity contribution < 1.29 is 14.4 Å². The quantitative estimate of drug-likeness (QED) is 0.820. The third-order valence-corrected chi connectivity index (χ3v) is 5.02. The summed E-state index contributed by atoms with van der Waals surface area (Å²) >= 11 is 0. The molecular weight excluding hydrogens is 358 g/mol. The van der Waals surface area contributed by atoms with Crippen LogP contribution in [0.4, 0.5) is 5.69 Å². The van der Waals surface area contributed by atoms with Crippen LogP contribution < -0.4 is 11.1 Å². The third kappa shape index (κ3) is 4.05. The number of nitrogens with one attached hydrogen (secondary N) is 1. The molecular formula is C20H25N5O3. The van der Waals surface area contributed by atoms with Crippen molar-refractivity contribution in [3.63, 3.8) is 0 Å². The molecule has 148 valence electrons. The molecule has 8 nitrogen and oxygen atoms in total. The lowest BCUT2D eigenvalue weighted by atomic mass is 9.95. The van der Waals surface area contributed by atoms with Crippen LogP contribution in [0.3, 0.4) is 0 Å². The van der Waals surface area contributed by atoms with E-state index in [1.807, 2.05) is 13.8 Å². The first-order chi connectivity index (χ1) is 13.4. The van der Waals surface area contributed by atoms with Crippen molar-refractivity contribution in [2.75, 3.05) is 18.4 Å². The summed E-state index contributed by atoms with van der Waals surface area (Å²) in [6.07, 6.45) is 1.12. The molecule has 0 aliphatic carbocycles. The number of primary amides is 1. The Kier molecular flexibility index (Phi) is 5.77. The standard InChI is InChI=1S/C20H25N5O3/c1-3-25-17(12-13(2)23-25)19(27)22-16-7-5-4-6-15(16)20(28)24-10-8-14(9-11-24)18(21)26/h4-7,12,14H,3,8-11H2,1-2H3,(H2,21,26)(H,22,27). The molecule has 1 aromatic carbocycles. The largest absolute Gasteiger partial charge is 0.369 e. The molecule has 0 unspecified atom stereocenters. The summed E-state index contributed by atoms with van der Waals surface area (Å²) in [5.74, 6) is -0.978. The lowest BCUT2D eigenvalue weighted by molar-refractivity contribution is -0.123. The Labute approximate surface area is 163 Å². The van der Waals surface area contributed by atoms with E-state index < -0.39 is 0 Å². The molecule has 1 aromatic heterocycles. The van der Waals surface area contributed by atoms with Gasteiger partial charge in [-0.15, -0.1) is 0 Å². The summed E-state index contributed by atoms with van der Waals surface area (Å²) in [5, 5.41) is 7.13. The average molecular weight is 383 g/mol. The van der Waals surface area contributed by atoms with Crippen LogP contribution in [0.1, 0.15) is 46.3 Å². The van der Waals surface area contributed by atoms with Gasteiger partial charge in [0.15, 0.2) is 0 Å². The van der Waals surface area contributed by atoms with E-state index in [4.69, 9.17) is 5.73 Å². The zero-order chi connectivity index (χ0) is 20.3. The van der Waals surface area contributed by atoms with Crippen molar-refractivity contribution in [3.8, 4) is 0 Å². The van der Waals surface area contributed by atoms with Crippen molar-refractivity contribution in [3.05, 3.63) is 47.3 Å². The molecule has 28 heavy (non-hydrogen) atoms. The van der Waals surface area contributed by atoms with Crippen LogP contribution in [-0.4, -0.2) is 45.5 Å². The molecule has 3 amide bonds. The normalized spacial score (nSPS) is 14.7. The van der Waals surface area contributed by atoms with E-state index in [0.717, 1.165) is 5.69 Å². The summed E-state index contributed by atoms with van der Waals surface area (Å²) in [7, 11) is 0. The number of amides is 3. The van der Waals surface area contributed by atoms with Gasteiger partial charge in [0.25, 0.3) is 11.8 Å². The second-order valence-electron chi connectivity index (χ2n) is 6.96. The Morgan fingerprint density at radius 2 is 1.89 bits per heavy atom. The van der Waals surface area contributed by atoms with Crippen molar-refractivity contribution in [1.82, 2.24) is 14.7 Å². The molecule has 0 radical (unpaired) electrons. The number of aromatic nitrogens is 2. The fourth-order valence-electron chi connectivity index (χ4n) is 3.47. The van der Waals surface area contributed by atoms with E-state index >= 15 is 0 Å². The smallest absolute Gasteiger partial charge is 0.273 e. The first-order valence-electron chi connectivity index (χ1n) is 9.44. The fraction of sp³-hybridized carbons (Fsp3) is 0.400. The molecule has 0 bridgehead atoms. The third-order valence-electron chi connectivity index (χ3n) is 5.02. The molecule has 2 aromatic rings. The number of anilines is 1. The van der Waals surface area contributed by atoms with Crippen molar-refractivity contribution in [2.45, 2.75) is 33.2 Å². The minimum Gasteiger partial charge on any atom is -0.369 e. The predicted octanol–water partition coefficient (Wildman–Crippen LogP) is 1.80. The fourth-order valence-corrected chi connectivity index (χ4v) is 3.47. The number of nitrogens with two attached hydrogens (primary N) is 1. The topological polar surface area (TPSA) is 110 Å². The molecule has 1 saturated heterocycles. The number of para-hydroxylation sites is 1. The minimum atomic E-state index is -0.317. The van der Waals surface area contributed by atoms with E-state index in [2.05, 4.69) is 10.4 Å². The van der Waals surface area contributed by atoms with Crippen LogP contribution in [0.15, 0.2) is 30.3 Å². The summed E-state index contributed by atoms with van der Waals surface area (Å²) in [6, 6.07) is 8.66. The summed E-state index contributed by atoms with van der Waals surface area (Å²) in [5.41, 5.74) is 7.45. The van der Waals surface area contributed by atoms with E-state index in [9.17, 15) is 14.4 Å². The predicted molar refractivity (Wildman–Crippen MR) is 105 cm³/mol. The second kappa shape index (κ2) is 8.24. The number of carbonyl (C=O) groups excluding carboxylic acids is 3. The first kappa shape index (κ1) is 19.6. The molecule has 0 spiro atoms. The Bertz CT molecular complexity index is 897. The van der Waals surface area contributed by atoms with Gasteiger partial charge in [0.05, 0.1) is 16.9 Å². The number of hydrogen-bond acceptors (Lipinski definition) is 4. The van der Waals surface area contributed by atoms with Gasteiger partial charge in [0.1, 0.15) is 5.69 Å². The van der Waals surface area contributed by atoms with Crippen LogP contribution >= 0.6 is 0 Å². The zero-order valence-corrected chi connectivity index (χ0v) is 16.1. The van der Waals surface area contributed by atoms with Crippen LogP contribution in [0.25, 0.3) is 0 Å². The van der Waals surface area contributed by atoms with Gasteiger partial charge in [-0.25, -0.2) is 0 Å². The molecule has 3 rings (SSSR count). The van der Waals surface area contributed by atoms with Gasteiger partial charge in [-0.1, -0.05) is 12.1 Å². The highest BCUT2D eigenvalue weighted by molar-refractivity contribution is 6.08. The number of likely N-dealkylation sites (tertiary alicyclic amines) is 1. The van der Waals surface area contributed by atoms with Crippen LogP contribution in [0.2, 0.25) is 0 Å². The van der Waals surface area contributed by atoms with Gasteiger partial charge in [0.2, 0.25) is 5.91 Å². The van der Waals surface area contributed by atoms with E-state index in [1.54, 1.807) is 39.9 Å². The Balaban J connectivity index is 1.77. The van der Waals surface area contributed by atoms with Gasteiger partial charge < -0.3 is 16.0 Å². The van der Waals surface area contributed by atoms with Crippen molar-refractivity contribution in [1.29, 1.82) is 0 Å². The maximum absolute atomic E-state index is 13.0. The summed E-state index contributed by atoms with van der Waals surface area (Å²) in [6.45, 7) is 5.26. The lowest BCUT2D eigenvalue weighted by Crippen LogP contribution is -2.42. The monoisotopic (exact) mass is 383 g/mol. The Morgan fingerprint density at radius 1 is 1.21 bits per heavy atom. The number of piperidine rings is 1. The molecule has 2 heterocycles.